The Labute approximate surface area is 109 Å². The first-order valence-electron chi connectivity index (χ1n) is 5.62. The van der Waals surface area contributed by atoms with Gasteiger partial charge in [0.15, 0.2) is 11.5 Å². The third-order valence-electron chi connectivity index (χ3n) is 2.84. The lowest BCUT2D eigenvalue weighted by Gasteiger charge is -2.18. The molecule has 5 heteroatoms. The molecule has 17 heavy (non-hydrogen) atoms. The average molecular weight is 302 g/mol. The summed E-state index contributed by atoms with van der Waals surface area (Å²) in [7, 11) is 0. The van der Waals surface area contributed by atoms with Crippen LogP contribution in [-0.2, 0) is 0 Å². The number of benzene rings is 1. The lowest BCUT2D eigenvalue weighted by Crippen LogP contribution is -2.13. The Hall–Kier alpha value is -0.780. The Bertz CT molecular complexity index is 423. The van der Waals surface area contributed by atoms with Crippen LogP contribution in [0.4, 0.5) is 0 Å². The Morgan fingerprint density at radius 2 is 2.06 bits per heavy atom. The van der Waals surface area contributed by atoms with E-state index in [-0.39, 0.29) is 6.54 Å². The maximum atomic E-state index is 9.86. The highest BCUT2D eigenvalue weighted by Gasteiger charge is 2.21. The molecule has 0 saturated carbocycles. The summed E-state index contributed by atoms with van der Waals surface area (Å²) in [5.74, 6) is 1.42. The Morgan fingerprint density at radius 1 is 1.41 bits per heavy atom. The summed E-state index contributed by atoms with van der Waals surface area (Å²) in [6.07, 6.45) is 0.179. The Balaban J connectivity index is 2.52. The van der Waals surface area contributed by atoms with Crippen molar-refractivity contribution in [2.24, 2.45) is 5.73 Å². The molecule has 1 aromatic carbocycles. The van der Waals surface area contributed by atoms with E-state index in [1.165, 1.54) is 0 Å². The number of aliphatic hydroxyl groups excluding tert-OH is 1. The molecule has 1 unspecified atom stereocenters. The zero-order chi connectivity index (χ0) is 12.4. The fourth-order valence-corrected chi connectivity index (χ4v) is 2.45. The van der Waals surface area contributed by atoms with Crippen molar-refractivity contribution in [1.29, 1.82) is 0 Å². The summed E-state index contributed by atoms with van der Waals surface area (Å²) in [5.41, 5.74) is 7.17. The predicted octanol–water partition coefficient (Wildman–Crippen LogP) is 1.91. The van der Waals surface area contributed by atoms with Gasteiger partial charge in [0.2, 0.25) is 0 Å². The highest BCUT2D eigenvalue weighted by atomic mass is 79.9. The number of nitrogens with two attached hydrogens (primary N) is 1. The van der Waals surface area contributed by atoms with Gasteiger partial charge in [0, 0.05) is 18.5 Å². The molecule has 2 rings (SSSR count). The fourth-order valence-electron chi connectivity index (χ4n) is 1.91. The molecule has 0 saturated heterocycles. The standard InChI is InChI=1S/C12H16BrNO3/c1-7-8(10(15)6-14)5-9(13)12-11(7)16-3-2-4-17-12/h5,10,15H,2-4,6,14H2,1H3. The molecule has 0 aliphatic carbocycles. The number of fused-ring (bicyclic) bond motifs is 1. The minimum absolute atomic E-state index is 0.187. The quantitative estimate of drug-likeness (QED) is 0.876. The van der Waals surface area contributed by atoms with Crippen molar-refractivity contribution in [3.63, 3.8) is 0 Å². The molecule has 4 nitrogen and oxygen atoms in total. The third kappa shape index (κ3) is 2.41. The summed E-state index contributed by atoms with van der Waals surface area (Å²) in [5, 5.41) is 9.86. The smallest absolute Gasteiger partial charge is 0.175 e. The van der Waals surface area contributed by atoms with Crippen molar-refractivity contribution >= 4 is 15.9 Å². The number of hydrogen-bond donors (Lipinski definition) is 2. The highest BCUT2D eigenvalue weighted by Crippen LogP contribution is 2.42. The molecule has 0 radical (unpaired) electrons. The molecule has 1 aliphatic heterocycles. The second-order valence-electron chi connectivity index (χ2n) is 4.03. The Kier molecular flexibility index (Phi) is 3.91. The van der Waals surface area contributed by atoms with Crippen LogP contribution in [0.5, 0.6) is 11.5 Å². The molecule has 0 amide bonds. The minimum atomic E-state index is -0.677. The van der Waals surface area contributed by atoms with Crippen LogP contribution in [0, 0.1) is 6.92 Å². The van der Waals surface area contributed by atoms with E-state index in [4.69, 9.17) is 15.2 Å². The summed E-state index contributed by atoms with van der Waals surface area (Å²) in [4.78, 5) is 0. The van der Waals surface area contributed by atoms with Gasteiger partial charge < -0.3 is 20.3 Å². The third-order valence-corrected chi connectivity index (χ3v) is 3.43. The number of halogens is 1. The van der Waals surface area contributed by atoms with Crippen LogP contribution in [0.15, 0.2) is 10.5 Å². The van der Waals surface area contributed by atoms with Gasteiger partial charge in [-0.1, -0.05) is 0 Å². The van der Waals surface area contributed by atoms with E-state index in [1.54, 1.807) is 0 Å². The van der Waals surface area contributed by atoms with Crippen LogP contribution < -0.4 is 15.2 Å². The molecule has 3 N–H and O–H groups in total. The second-order valence-corrected chi connectivity index (χ2v) is 4.89. The summed E-state index contributed by atoms with van der Waals surface area (Å²) in [6, 6.07) is 1.85. The topological polar surface area (TPSA) is 64.7 Å². The first-order chi connectivity index (χ1) is 8.15. The van der Waals surface area contributed by atoms with Crippen LogP contribution in [0.2, 0.25) is 0 Å². The van der Waals surface area contributed by atoms with Crippen molar-refractivity contribution in [3.8, 4) is 11.5 Å². The molecular weight excluding hydrogens is 286 g/mol. The van der Waals surface area contributed by atoms with Gasteiger partial charge in [-0.15, -0.1) is 0 Å². The first-order valence-corrected chi connectivity index (χ1v) is 6.41. The van der Waals surface area contributed by atoms with Crippen LogP contribution in [0.3, 0.4) is 0 Å². The van der Waals surface area contributed by atoms with Crippen LogP contribution >= 0.6 is 15.9 Å². The number of ether oxygens (including phenoxy) is 2. The van der Waals surface area contributed by atoms with E-state index < -0.39 is 6.10 Å². The molecule has 1 heterocycles. The summed E-state index contributed by atoms with van der Waals surface area (Å²) < 4.78 is 12.1. The second kappa shape index (κ2) is 5.25. The van der Waals surface area contributed by atoms with Gasteiger partial charge in [0.05, 0.1) is 23.8 Å². The van der Waals surface area contributed by atoms with E-state index in [9.17, 15) is 5.11 Å². The molecule has 0 fully saturated rings. The van der Waals surface area contributed by atoms with Gasteiger partial charge in [-0.05, 0) is 34.5 Å². The number of rotatable bonds is 2. The molecule has 1 aliphatic rings. The van der Waals surface area contributed by atoms with Crippen molar-refractivity contribution in [1.82, 2.24) is 0 Å². The van der Waals surface area contributed by atoms with Crippen molar-refractivity contribution < 1.29 is 14.6 Å². The monoisotopic (exact) mass is 301 g/mol. The maximum absolute atomic E-state index is 9.86. The van der Waals surface area contributed by atoms with Gasteiger partial charge in [-0.25, -0.2) is 0 Å². The highest BCUT2D eigenvalue weighted by molar-refractivity contribution is 9.10. The SMILES string of the molecule is Cc1c(C(O)CN)cc(Br)c2c1OCCCO2. The van der Waals surface area contributed by atoms with Crippen molar-refractivity contribution in [2.45, 2.75) is 19.4 Å². The number of aliphatic hydroxyl groups is 1. The maximum Gasteiger partial charge on any atom is 0.175 e. The van der Waals surface area contributed by atoms with Crippen LogP contribution in [0.25, 0.3) is 0 Å². The molecule has 0 aromatic heterocycles. The molecule has 0 spiro atoms. The molecule has 1 atom stereocenters. The molecule has 1 aromatic rings. The van der Waals surface area contributed by atoms with Crippen molar-refractivity contribution in [3.05, 3.63) is 21.7 Å². The van der Waals surface area contributed by atoms with Gasteiger partial charge in [0.1, 0.15) is 0 Å². The van der Waals surface area contributed by atoms with E-state index in [1.807, 2.05) is 13.0 Å². The van der Waals surface area contributed by atoms with E-state index in [0.717, 1.165) is 22.0 Å². The van der Waals surface area contributed by atoms with Gasteiger partial charge >= 0.3 is 0 Å². The zero-order valence-electron chi connectivity index (χ0n) is 9.70. The van der Waals surface area contributed by atoms with Gasteiger partial charge in [-0.2, -0.15) is 0 Å². The minimum Gasteiger partial charge on any atom is -0.489 e. The largest absolute Gasteiger partial charge is 0.489 e. The molecular formula is C12H16BrNO3. The molecule has 94 valence electrons. The normalized spacial score (nSPS) is 16.5. The predicted molar refractivity (Wildman–Crippen MR) is 68.5 cm³/mol. The van der Waals surface area contributed by atoms with Crippen LogP contribution in [-0.4, -0.2) is 24.9 Å². The Morgan fingerprint density at radius 3 is 2.71 bits per heavy atom. The van der Waals surface area contributed by atoms with E-state index in [2.05, 4.69) is 15.9 Å². The van der Waals surface area contributed by atoms with E-state index >= 15 is 0 Å². The first kappa shape index (κ1) is 12.7. The van der Waals surface area contributed by atoms with Gasteiger partial charge in [-0.3, -0.25) is 0 Å². The fraction of sp³-hybridized carbons (Fsp3) is 0.500. The lowest BCUT2D eigenvalue weighted by atomic mass is 10.0. The van der Waals surface area contributed by atoms with Crippen LogP contribution in [0.1, 0.15) is 23.7 Å². The zero-order valence-corrected chi connectivity index (χ0v) is 11.3. The van der Waals surface area contributed by atoms with Gasteiger partial charge in [0.25, 0.3) is 0 Å². The number of hydrogen-bond acceptors (Lipinski definition) is 4. The average Bonchev–Trinajstić information content (AvgIpc) is 2.58. The summed E-state index contributed by atoms with van der Waals surface area (Å²) >= 11 is 3.44. The molecule has 0 bridgehead atoms. The summed E-state index contributed by atoms with van der Waals surface area (Å²) in [6.45, 7) is 3.37. The van der Waals surface area contributed by atoms with E-state index in [0.29, 0.717) is 24.7 Å². The van der Waals surface area contributed by atoms with Crippen molar-refractivity contribution in [2.75, 3.05) is 19.8 Å². The lowest BCUT2D eigenvalue weighted by molar-refractivity contribution is 0.185.